The number of benzene rings is 1. The molecule has 2 aliphatic carbocycles. The van der Waals surface area contributed by atoms with Crippen molar-refractivity contribution in [2.75, 3.05) is 5.32 Å². The van der Waals surface area contributed by atoms with Crippen LogP contribution in [0.5, 0.6) is 0 Å². The summed E-state index contributed by atoms with van der Waals surface area (Å²) < 4.78 is 5.29. The van der Waals surface area contributed by atoms with Gasteiger partial charge in [-0.2, -0.15) is 0 Å². The third kappa shape index (κ3) is 4.59. The van der Waals surface area contributed by atoms with E-state index in [2.05, 4.69) is 10.6 Å². The summed E-state index contributed by atoms with van der Waals surface area (Å²) in [5.41, 5.74) is 5.70. The van der Waals surface area contributed by atoms with E-state index in [1.807, 2.05) is 6.92 Å². The maximum Gasteiger partial charge on any atom is 0.338 e. The zero-order valence-electron chi connectivity index (χ0n) is 15.7. The van der Waals surface area contributed by atoms with E-state index in [4.69, 9.17) is 10.5 Å². The third-order valence-electron chi connectivity index (χ3n) is 5.82. The summed E-state index contributed by atoms with van der Waals surface area (Å²) in [6.07, 6.45) is 4.15. The quantitative estimate of drug-likeness (QED) is 0.666. The summed E-state index contributed by atoms with van der Waals surface area (Å²) in [5.74, 6) is 1.13. The van der Waals surface area contributed by atoms with Crippen LogP contribution in [-0.2, 0) is 9.53 Å². The van der Waals surface area contributed by atoms with Crippen molar-refractivity contribution >= 4 is 23.6 Å². The number of hydrogen-bond acceptors (Lipinski definition) is 4. The second kappa shape index (κ2) is 7.98. The summed E-state index contributed by atoms with van der Waals surface area (Å²) in [6.45, 7) is 3.60. The SMILES string of the molecule is C[C@H](OC(=O)c1cccc(NC(N)=O)c1)C(=O)N[C@@H](C)[C@@H]1C[C@H]2CC[C@H]1C2. The molecule has 0 aromatic heterocycles. The van der Waals surface area contributed by atoms with Crippen LogP contribution in [0.3, 0.4) is 0 Å². The molecule has 3 amide bonds. The van der Waals surface area contributed by atoms with E-state index in [-0.39, 0.29) is 17.5 Å². The van der Waals surface area contributed by atoms with Crippen LogP contribution >= 0.6 is 0 Å². The van der Waals surface area contributed by atoms with Crippen LogP contribution in [0, 0.1) is 17.8 Å². The number of nitrogens with two attached hydrogens (primary N) is 1. The van der Waals surface area contributed by atoms with Crippen molar-refractivity contribution in [2.24, 2.45) is 23.5 Å². The van der Waals surface area contributed by atoms with Gasteiger partial charge in [-0.3, -0.25) is 4.79 Å². The second-order valence-corrected chi connectivity index (χ2v) is 7.75. The van der Waals surface area contributed by atoms with Gasteiger partial charge in [0.05, 0.1) is 5.56 Å². The molecular weight excluding hydrogens is 346 g/mol. The number of nitrogens with one attached hydrogen (secondary N) is 2. The van der Waals surface area contributed by atoms with Crippen molar-refractivity contribution < 1.29 is 19.1 Å². The lowest BCUT2D eigenvalue weighted by atomic mass is 9.84. The number of carbonyl (C=O) groups is 3. The number of fused-ring (bicyclic) bond motifs is 2. The highest BCUT2D eigenvalue weighted by atomic mass is 16.5. The summed E-state index contributed by atoms with van der Waals surface area (Å²) in [7, 11) is 0. The molecule has 2 fully saturated rings. The second-order valence-electron chi connectivity index (χ2n) is 7.75. The number of rotatable bonds is 6. The highest BCUT2D eigenvalue weighted by Crippen LogP contribution is 2.49. The molecule has 2 aliphatic rings. The average Bonchev–Trinajstić information content (AvgIpc) is 3.24. The Kier molecular flexibility index (Phi) is 5.68. The fourth-order valence-electron chi connectivity index (χ4n) is 4.50. The fraction of sp³-hybridized carbons (Fsp3) is 0.550. The molecule has 0 heterocycles. The number of anilines is 1. The smallest absolute Gasteiger partial charge is 0.338 e. The van der Waals surface area contributed by atoms with Gasteiger partial charge in [0.25, 0.3) is 5.91 Å². The molecule has 3 rings (SSSR count). The normalized spacial score (nSPS) is 25.5. The zero-order chi connectivity index (χ0) is 19.6. The van der Waals surface area contributed by atoms with Gasteiger partial charge in [-0.25, -0.2) is 9.59 Å². The number of ether oxygens (including phenoxy) is 1. The topological polar surface area (TPSA) is 111 Å². The van der Waals surface area contributed by atoms with E-state index < -0.39 is 18.1 Å². The van der Waals surface area contributed by atoms with Gasteiger partial charge in [0.2, 0.25) is 0 Å². The van der Waals surface area contributed by atoms with E-state index >= 15 is 0 Å². The third-order valence-corrected chi connectivity index (χ3v) is 5.82. The molecule has 2 saturated carbocycles. The molecule has 5 atom stereocenters. The van der Waals surface area contributed by atoms with Crippen molar-refractivity contribution in [1.29, 1.82) is 0 Å². The summed E-state index contributed by atoms with van der Waals surface area (Å²) in [6, 6.07) is 5.57. The van der Waals surface area contributed by atoms with Gasteiger partial charge in [-0.1, -0.05) is 12.5 Å². The Balaban J connectivity index is 1.53. The summed E-state index contributed by atoms with van der Waals surface area (Å²) in [4.78, 5) is 35.6. The molecule has 0 aliphatic heterocycles. The lowest BCUT2D eigenvalue weighted by Gasteiger charge is -2.29. The van der Waals surface area contributed by atoms with Gasteiger partial charge in [-0.05, 0) is 69.1 Å². The largest absolute Gasteiger partial charge is 0.449 e. The fourth-order valence-corrected chi connectivity index (χ4v) is 4.50. The predicted octanol–water partition coefficient (Wildman–Crippen LogP) is 2.66. The van der Waals surface area contributed by atoms with Gasteiger partial charge in [0, 0.05) is 11.7 Å². The molecule has 0 radical (unpaired) electrons. The molecule has 7 heteroatoms. The maximum absolute atomic E-state index is 12.4. The van der Waals surface area contributed by atoms with Crippen molar-refractivity contribution in [3.63, 3.8) is 0 Å². The van der Waals surface area contributed by atoms with Crippen molar-refractivity contribution in [3.05, 3.63) is 29.8 Å². The molecular formula is C20H27N3O4. The molecule has 7 nitrogen and oxygen atoms in total. The van der Waals surface area contributed by atoms with E-state index in [9.17, 15) is 14.4 Å². The number of carbonyl (C=O) groups excluding carboxylic acids is 3. The Bertz CT molecular complexity index is 736. The number of amides is 3. The molecule has 146 valence electrons. The van der Waals surface area contributed by atoms with Crippen molar-refractivity contribution in [3.8, 4) is 0 Å². The van der Waals surface area contributed by atoms with Gasteiger partial charge in [0.1, 0.15) is 0 Å². The van der Waals surface area contributed by atoms with Crippen LogP contribution < -0.4 is 16.4 Å². The molecule has 4 N–H and O–H groups in total. The predicted molar refractivity (Wildman–Crippen MR) is 101 cm³/mol. The van der Waals surface area contributed by atoms with Crippen molar-refractivity contribution in [2.45, 2.75) is 51.7 Å². The highest BCUT2D eigenvalue weighted by Gasteiger charge is 2.42. The monoisotopic (exact) mass is 373 g/mol. The van der Waals surface area contributed by atoms with Crippen molar-refractivity contribution in [1.82, 2.24) is 5.32 Å². The lowest BCUT2D eigenvalue weighted by Crippen LogP contribution is -2.45. The standard InChI is InChI=1S/C20H27N3O4/c1-11(17-9-13-6-7-14(17)8-13)22-18(24)12(2)27-19(25)15-4-3-5-16(10-15)23-20(21)26/h3-5,10-14,17H,6-9H2,1-2H3,(H,22,24)(H3,21,23,26)/t11-,12-,13-,14-,17-/m0/s1. The average molecular weight is 373 g/mol. The molecule has 2 bridgehead atoms. The molecule has 0 spiro atoms. The number of esters is 1. The number of hydrogen-bond donors (Lipinski definition) is 3. The molecule has 1 aromatic rings. The van der Waals surface area contributed by atoms with Crippen LogP contribution in [0.1, 0.15) is 49.9 Å². The minimum atomic E-state index is -0.897. The van der Waals surface area contributed by atoms with Crippen LogP contribution in [0.2, 0.25) is 0 Å². The van der Waals surface area contributed by atoms with Gasteiger partial charge >= 0.3 is 12.0 Å². The van der Waals surface area contributed by atoms with Crippen LogP contribution in [-0.4, -0.2) is 30.1 Å². The van der Waals surface area contributed by atoms with Crippen LogP contribution in [0.4, 0.5) is 10.5 Å². The van der Waals surface area contributed by atoms with Gasteiger partial charge in [-0.15, -0.1) is 0 Å². The molecule has 27 heavy (non-hydrogen) atoms. The Morgan fingerprint density at radius 1 is 1.19 bits per heavy atom. The Labute approximate surface area is 159 Å². The zero-order valence-corrected chi connectivity index (χ0v) is 15.7. The van der Waals surface area contributed by atoms with E-state index in [1.165, 1.54) is 31.7 Å². The van der Waals surface area contributed by atoms with E-state index in [1.54, 1.807) is 25.1 Å². The van der Waals surface area contributed by atoms with E-state index in [0.29, 0.717) is 17.5 Å². The first-order valence-corrected chi connectivity index (χ1v) is 9.51. The molecule has 0 unspecified atom stereocenters. The van der Waals surface area contributed by atoms with Gasteiger partial charge in [0.15, 0.2) is 6.10 Å². The highest BCUT2D eigenvalue weighted by molar-refractivity contribution is 5.95. The summed E-state index contributed by atoms with van der Waals surface area (Å²) >= 11 is 0. The first kappa shape index (κ1) is 19.2. The first-order chi connectivity index (χ1) is 12.8. The minimum Gasteiger partial charge on any atom is -0.449 e. The van der Waals surface area contributed by atoms with Gasteiger partial charge < -0.3 is 21.1 Å². The van der Waals surface area contributed by atoms with Crippen LogP contribution in [0.15, 0.2) is 24.3 Å². The lowest BCUT2D eigenvalue weighted by molar-refractivity contribution is -0.130. The number of urea groups is 1. The Morgan fingerprint density at radius 2 is 1.96 bits per heavy atom. The Morgan fingerprint density at radius 3 is 2.59 bits per heavy atom. The minimum absolute atomic E-state index is 0.0806. The number of primary amides is 1. The Hall–Kier alpha value is -2.57. The van der Waals surface area contributed by atoms with Crippen LogP contribution in [0.25, 0.3) is 0 Å². The first-order valence-electron chi connectivity index (χ1n) is 9.51. The maximum atomic E-state index is 12.4. The molecule has 0 saturated heterocycles. The summed E-state index contributed by atoms with van der Waals surface area (Å²) in [5, 5.41) is 5.41. The molecule has 1 aromatic carbocycles. The van der Waals surface area contributed by atoms with E-state index in [0.717, 1.165) is 5.92 Å².